The van der Waals surface area contributed by atoms with Crippen molar-refractivity contribution in [1.29, 1.82) is 5.26 Å². The molecule has 1 heterocycles. The summed E-state index contributed by atoms with van der Waals surface area (Å²) in [6.07, 6.45) is 0.205. The Morgan fingerprint density at radius 3 is 2.75 bits per heavy atom. The predicted molar refractivity (Wildman–Crippen MR) is 87.6 cm³/mol. The zero-order valence-electron chi connectivity index (χ0n) is 12.9. The average molecular weight is 345 g/mol. The number of nitrogens with one attached hydrogen (secondary N) is 1. The number of hydrogen-bond donors (Lipinski definition) is 1. The van der Waals surface area contributed by atoms with Crippen molar-refractivity contribution in [2.45, 2.75) is 6.42 Å². The summed E-state index contributed by atoms with van der Waals surface area (Å²) in [5.41, 5.74) is 1.00. The molecule has 1 aromatic heterocycles. The van der Waals surface area contributed by atoms with Gasteiger partial charge in [-0.15, -0.1) is 11.3 Å². The molecule has 7 nitrogen and oxygen atoms in total. The van der Waals surface area contributed by atoms with E-state index in [0.29, 0.717) is 5.01 Å². The van der Waals surface area contributed by atoms with Crippen molar-refractivity contribution >= 4 is 23.2 Å². The van der Waals surface area contributed by atoms with E-state index in [-0.39, 0.29) is 18.7 Å². The van der Waals surface area contributed by atoms with Crippen molar-refractivity contribution < 1.29 is 19.1 Å². The predicted octanol–water partition coefficient (Wildman–Crippen LogP) is 2.01. The lowest BCUT2D eigenvalue weighted by Crippen LogP contribution is -2.29. The summed E-state index contributed by atoms with van der Waals surface area (Å²) < 4.78 is 9.99. The molecule has 0 unspecified atom stereocenters. The fourth-order valence-corrected chi connectivity index (χ4v) is 2.54. The molecule has 2 aromatic rings. The lowest BCUT2D eigenvalue weighted by atomic mass is 10.2. The molecule has 0 saturated heterocycles. The number of rotatable bonds is 7. The second-order valence-corrected chi connectivity index (χ2v) is 5.46. The van der Waals surface area contributed by atoms with Crippen molar-refractivity contribution in [3.8, 4) is 22.4 Å². The highest BCUT2D eigenvalue weighted by Crippen LogP contribution is 2.25. The molecule has 24 heavy (non-hydrogen) atoms. The van der Waals surface area contributed by atoms with Crippen LogP contribution in [-0.4, -0.2) is 37.1 Å². The molecule has 8 heteroatoms. The molecule has 0 aliphatic heterocycles. The summed E-state index contributed by atoms with van der Waals surface area (Å²) >= 11 is 1.31. The van der Waals surface area contributed by atoms with Gasteiger partial charge < -0.3 is 14.8 Å². The Morgan fingerprint density at radius 1 is 1.33 bits per heavy atom. The Morgan fingerprint density at radius 2 is 2.08 bits per heavy atom. The summed E-state index contributed by atoms with van der Waals surface area (Å²) in [4.78, 5) is 27.5. The van der Waals surface area contributed by atoms with Gasteiger partial charge in [-0.3, -0.25) is 4.79 Å². The maximum Gasteiger partial charge on any atom is 0.358 e. The maximum atomic E-state index is 11.9. The van der Waals surface area contributed by atoms with Gasteiger partial charge in [-0.2, -0.15) is 5.26 Å². The van der Waals surface area contributed by atoms with Crippen LogP contribution in [0.15, 0.2) is 29.6 Å². The van der Waals surface area contributed by atoms with Crippen LogP contribution in [0.4, 0.5) is 0 Å². The van der Waals surface area contributed by atoms with Crippen LogP contribution in [0.25, 0.3) is 10.6 Å². The average Bonchev–Trinajstić information content (AvgIpc) is 3.10. The van der Waals surface area contributed by atoms with Crippen molar-refractivity contribution in [2.75, 3.05) is 20.3 Å². The van der Waals surface area contributed by atoms with E-state index in [0.717, 1.165) is 11.3 Å². The molecule has 0 radical (unpaired) electrons. The molecule has 0 spiro atoms. The minimum absolute atomic E-state index is 0.149. The van der Waals surface area contributed by atoms with Crippen LogP contribution in [0, 0.1) is 11.3 Å². The Bertz CT molecular complexity index is 749. The van der Waals surface area contributed by atoms with Gasteiger partial charge in [0.25, 0.3) is 5.91 Å². The lowest BCUT2D eigenvalue weighted by molar-refractivity contribution is -0.124. The first-order valence-electron chi connectivity index (χ1n) is 7.04. The third-order valence-electron chi connectivity index (χ3n) is 2.94. The monoisotopic (exact) mass is 345 g/mol. The molecular weight excluding hydrogens is 330 g/mol. The van der Waals surface area contributed by atoms with Gasteiger partial charge in [-0.1, -0.05) is 0 Å². The van der Waals surface area contributed by atoms with Crippen LogP contribution in [0.1, 0.15) is 16.9 Å². The quantitative estimate of drug-likeness (QED) is 0.608. The van der Waals surface area contributed by atoms with E-state index in [1.54, 1.807) is 24.6 Å². The second-order valence-electron chi connectivity index (χ2n) is 4.60. The molecule has 0 bridgehead atoms. The fourth-order valence-electron chi connectivity index (χ4n) is 1.75. The van der Waals surface area contributed by atoms with Crippen LogP contribution < -0.4 is 10.1 Å². The van der Waals surface area contributed by atoms with Crippen LogP contribution in [0.3, 0.4) is 0 Å². The zero-order valence-corrected chi connectivity index (χ0v) is 13.8. The summed E-state index contributed by atoms with van der Waals surface area (Å²) in [6, 6.07) is 9.20. The largest absolute Gasteiger partial charge is 0.497 e. The highest BCUT2D eigenvalue weighted by Gasteiger charge is 2.14. The van der Waals surface area contributed by atoms with Gasteiger partial charge in [-0.25, -0.2) is 9.78 Å². The fraction of sp³-hybridized carbons (Fsp3) is 0.250. The molecule has 1 N–H and O–H groups in total. The topological polar surface area (TPSA) is 101 Å². The highest BCUT2D eigenvalue weighted by atomic mass is 32.1. The summed E-state index contributed by atoms with van der Waals surface area (Å²) in [5.74, 6) is -0.386. The van der Waals surface area contributed by atoms with Crippen molar-refractivity contribution in [3.63, 3.8) is 0 Å². The number of hydrogen-bond acceptors (Lipinski definition) is 7. The number of benzene rings is 1. The first-order valence-corrected chi connectivity index (χ1v) is 7.92. The molecule has 0 aliphatic carbocycles. The van der Waals surface area contributed by atoms with E-state index in [1.165, 1.54) is 11.3 Å². The third-order valence-corrected chi connectivity index (χ3v) is 3.83. The number of nitrogens with zero attached hydrogens (tertiary/aromatic N) is 2. The molecule has 0 fully saturated rings. The van der Waals surface area contributed by atoms with E-state index in [1.807, 2.05) is 18.2 Å². The number of nitriles is 1. The number of carbonyl (C=O) groups excluding carboxylic acids is 2. The van der Waals surface area contributed by atoms with Crippen molar-refractivity contribution in [3.05, 3.63) is 35.3 Å². The minimum atomic E-state index is -0.665. The number of amides is 1. The van der Waals surface area contributed by atoms with Crippen LogP contribution in [0.2, 0.25) is 0 Å². The Labute approximate surface area is 142 Å². The van der Waals surface area contributed by atoms with Crippen molar-refractivity contribution in [2.24, 2.45) is 0 Å². The molecular formula is C16H15N3O4S. The molecule has 0 aliphatic rings. The first-order chi connectivity index (χ1) is 11.6. The van der Waals surface area contributed by atoms with Crippen LogP contribution in [-0.2, 0) is 9.53 Å². The van der Waals surface area contributed by atoms with E-state index < -0.39 is 18.5 Å². The van der Waals surface area contributed by atoms with E-state index in [4.69, 9.17) is 14.7 Å². The normalized spacial score (nSPS) is 9.83. The van der Waals surface area contributed by atoms with E-state index in [9.17, 15) is 9.59 Å². The number of esters is 1. The number of thiazole rings is 1. The molecule has 0 saturated carbocycles. The second kappa shape index (κ2) is 8.64. The Balaban J connectivity index is 1.91. The van der Waals surface area contributed by atoms with Gasteiger partial charge in [0, 0.05) is 17.5 Å². The van der Waals surface area contributed by atoms with Gasteiger partial charge in [0.05, 0.1) is 19.6 Å². The molecule has 1 aromatic carbocycles. The van der Waals surface area contributed by atoms with E-state index in [2.05, 4.69) is 10.3 Å². The van der Waals surface area contributed by atoms with Gasteiger partial charge in [0.2, 0.25) is 0 Å². The zero-order chi connectivity index (χ0) is 17.4. The molecule has 1 amide bonds. The van der Waals surface area contributed by atoms with Gasteiger partial charge in [-0.05, 0) is 24.3 Å². The third kappa shape index (κ3) is 4.79. The number of ether oxygens (including phenoxy) is 2. The molecule has 2 rings (SSSR count). The number of aromatic nitrogens is 1. The van der Waals surface area contributed by atoms with Gasteiger partial charge in [0.15, 0.2) is 12.3 Å². The number of carbonyl (C=O) groups is 2. The van der Waals surface area contributed by atoms with Crippen molar-refractivity contribution in [1.82, 2.24) is 10.3 Å². The Kier molecular flexibility index (Phi) is 6.28. The lowest BCUT2D eigenvalue weighted by Gasteiger charge is -2.03. The standard InChI is InChI=1S/C16H15N3O4S/c1-22-12-5-3-11(4-6-12)15-19-13(10-24-15)16(21)23-9-14(20)18-8-2-7-17/h3-6,10H,2,8-9H2,1H3,(H,18,20). The minimum Gasteiger partial charge on any atom is -0.497 e. The molecule has 124 valence electrons. The highest BCUT2D eigenvalue weighted by molar-refractivity contribution is 7.13. The smallest absolute Gasteiger partial charge is 0.358 e. The van der Waals surface area contributed by atoms with Gasteiger partial charge >= 0.3 is 5.97 Å². The van der Waals surface area contributed by atoms with Crippen LogP contribution in [0.5, 0.6) is 5.75 Å². The maximum absolute atomic E-state index is 11.9. The van der Waals surface area contributed by atoms with Crippen LogP contribution >= 0.6 is 11.3 Å². The molecule has 0 atom stereocenters. The summed E-state index contributed by atoms with van der Waals surface area (Å²) in [6.45, 7) is -0.176. The number of methoxy groups -OCH3 is 1. The Hall–Kier alpha value is -2.92. The SMILES string of the molecule is COc1ccc(-c2nc(C(=O)OCC(=O)NCCC#N)cs2)cc1. The van der Waals surface area contributed by atoms with E-state index >= 15 is 0 Å². The van der Waals surface area contributed by atoms with Gasteiger partial charge in [0.1, 0.15) is 10.8 Å². The summed E-state index contributed by atoms with van der Waals surface area (Å²) in [5, 5.41) is 13.1. The summed E-state index contributed by atoms with van der Waals surface area (Å²) in [7, 11) is 1.59. The first kappa shape index (κ1) is 17.4.